The van der Waals surface area contributed by atoms with E-state index in [1.54, 1.807) is 0 Å². The molecule has 112 valence electrons. The lowest BCUT2D eigenvalue weighted by Crippen LogP contribution is -2.28. The van der Waals surface area contributed by atoms with Crippen LogP contribution in [-0.4, -0.2) is 25.3 Å². The molecule has 0 saturated carbocycles. The molecule has 0 aliphatic rings. The maximum atomic E-state index is 11.0. The number of nitrogens with zero attached hydrogens (tertiary/aromatic N) is 1. The van der Waals surface area contributed by atoms with Crippen molar-refractivity contribution in [2.75, 3.05) is 17.2 Å². The second-order valence-corrected chi connectivity index (χ2v) is 7.16. The van der Waals surface area contributed by atoms with Crippen molar-refractivity contribution in [2.45, 2.75) is 6.54 Å². The van der Waals surface area contributed by atoms with Crippen molar-refractivity contribution in [3.05, 3.63) is 64.6 Å². The predicted molar refractivity (Wildman–Crippen MR) is 88.0 cm³/mol. The lowest BCUT2D eigenvalue weighted by atomic mass is 10.2. The first-order valence-corrected chi connectivity index (χ1v) is 8.84. The van der Waals surface area contributed by atoms with Crippen LogP contribution in [0, 0.1) is 0 Å². The first-order chi connectivity index (χ1) is 9.94. The molecule has 6 heteroatoms. The molecule has 0 atom stereocenters. The monoisotopic (exact) mass is 369 g/mol. The number of hydrogen-bond donors (Lipinski definition) is 1. The van der Waals surface area contributed by atoms with Crippen LogP contribution in [-0.2, 0) is 16.7 Å². The quantitative estimate of drug-likeness (QED) is 0.793. The summed E-state index contributed by atoms with van der Waals surface area (Å²) in [5.41, 5.74) is 1.98. The highest BCUT2D eigenvalue weighted by Gasteiger charge is 2.12. The lowest BCUT2D eigenvalue weighted by Gasteiger charge is -2.24. The van der Waals surface area contributed by atoms with Gasteiger partial charge in [0.2, 0.25) is 0 Å². The maximum absolute atomic E-state index is 11.0. The summed E-state index contributed by atoms with van der Waals surface area (Å²) in [6.07, 6.45) is 0. The van der Waals surface area contributed by atoms with Crippen LogP contribution in [0.25, 0.3) is 0 Å². The SMILES string of the molecule is O=S(=O)(O)CCN(Cc1ccccc1)c1cccc(Br)c1. The van der Waals surface area contributed by atoms with Gasteiger partial charge in [0.05, 0.1) is 5.75 Å². The molecule has 1 N–H and O–H groups in total. The summed E-state index contributed by atoms with van der Waals surface area (Å²) in [5, 5.41) is 0. The third-order valence-corrected chi connectivity index (χ3v) is 4.20. The van der Waals surface area contributed by atoms with Gasteiger partial charge in [-0.1, -0.05) is 52.3 Å². The second kappa shape index (κ2) is 7.06. The van der Waals surface area contributed by atoms with Gasteiger partial charge in [-0.3, -0.25) is 4.55 Å². The Kier molecular flexibility index (Phi) is 5.39. The summed E-state index contributed by atoms with van der Waals surface area (Å²) < 4.78 is 31.9. The van der Waals surface area contributed by atoms with Crippen molar-refractivity contribution in [3.63, 3.8) is 0 Å². The maximum Gasteiger partial charge on any atom is 0.266 e. The highest BCUT2D eigenvalue weighted by molar-refractivity contribution is 9.10. The van der Waals surface area contributed by atoms with Crippen LogP contribution in [0.2, 0.25) is 0 Å². The zero-order valence-electron chi connectivity index (χ0n) is 11.3. The lowest BCUT2D eigenvalue weighted by molar-refractivity contribution is 0.482. The van der Waals surface area contributed by atoms with E-state index < -0.39 is 10.1 Å². The van der Waals surface area contributed by atoms with Gasteiger partial charge in [0.15, 0.2) is 0 Å². The molecule has 21 heavy (non-hydrogen) atoms. The third kappa shape index (κ3) is 5.49. The first-order valence-electron chi connectivity index (χ1n) is 6.44. The zero-order valence-corrected chi connectivity index (χ0v) is 13.7. The van der Waals surface area contributed by atoms with Crippen LogP contribution in [0.1, 0.15) is 5.56 Å². The van der Waals surface area contributed by atoms with Crippen LogP contribution in [0.5, 0.6) is 0 Å². The van der Waals surface area contributed by atoms with Crippen LogP contribution >= 0.6 is 15.9 Å². The summed E-state index contributed by atoms with van der Waals surface area (Å²) in [5.74, 6) is -0.299. The Bertz CT molecular complexity index is 689. The average molecular weight is 370 g/mol. The van der Waals surface area contributed by atoms with Gasteiger partial charge in [0.25, 0.3) is 10.1 Å². The standard InChI is InChI=1S/C15H16BrNO3S/c16-14-7-4-8-15(11-14)17(9-10-21(18,19)20)12-13-5-2-1-3-6-13/h1-8,11H,9-10,12H2,(H,18,19,20). The van der Waals surface area contributed by atoms with Crippen molar-refractivity contribution in [2.24, 2.45) is 0 Å². The van der Waals surface area contributed by atoms with Crippen LogP contribution in [0.4, 0.5) is 5.69 Å². The van der Waals surface area contributed by atoms with E-state index in [0.717, 1.165) is 15.7 Å². The van der Waals surface area contributed by atoms with E-state index in [1.807, 2.05) is 59.5 Å². The van der Waals surface area contributed by atoms with Gasteiger partial charge < -0.3 is 4.90 Å². The molecule has 2 rings (SSSR count). The zero-order chi connectivity index (χ0) is 15.3. The largest absolute Gasteiger partial charge is 0.366 e. The molecule has 0 fully saturated rings. The molecular weight excluding hydrogens is 354 g/mol. The van der Waals surface area contributed by atoms with Gasteiger partial charge >= 0.3 is 0 Å². The summed E-state index contributed by atoms with van der Waals surface area (Å²) in [4.78, 5) is 1.92. The molecule has 2 aromatic carbocycles. The first kappa shape index (κ1) is 16.0. The van der Waals surface area contributed by atoms with Gasteiger partial charge in [-0.15, -0.1) is 0 Å². The number of rotatable bonds is 6. The van der Waals surface area contributed by atoms with Gasteiger partial charge in [0, 0.05) is 23.2 Å². The Hall–Kier alpha value is -1.37. The Morgan fingerprint density at radius 1 is 1.05 bits per heavy atom. The molecule has 0 saturated heterocycles. The Labute approximate surface area is 133 Å². The summed E-state index contributed by atoms with van der Waals surface area (Å²) in [6, 6.07) is 17.4. The summed E-state index contributed by atoms with van der Waals surface area (Å²) in [6.45, 7) is 0.803. The molecule has 0 heterocycles. The minimum Gasteiger partial charge on any atom is -0.366 e. The van der Waals surface area contributed by atoms with Crippen molar-refractivity contribution in [1.82, 2.24) is 0 Å². The van der Waals surface area contributed by atoms with Crippen LogP contribution < -0.4 is 4.90 Å². The Morgan fingerprint density at radius 3 is 2.38 bits per heavy atom. The minimum absolute atomic E-state index is 0.226. The molecule has 2 aromatic rings. The van der Waals surface area contributed by atoms with Crippen molar-refractivity contribution in [1.29, 1.82) is 0 Å². The molecule has 0 amide bonds. The Balaban J connectivity index is 2.21. The van der Waals surface area contributed by atoms with Crippen molar-refractivity contribution >= 4 is 31.7 Å². The minimum atomic E-state index is -3.98. The van der Waals surface area contributed by atoms with E-state index in [1.165, 1.54) is 0 Å². The van der Waals surface area contributed by atoms with Crippen molar-refractivity contribution in [3.8, 4) is 0 Å². The normalized spacial score (nSPS) is 11.3. The molecule has 0 aromatic heterocycles. The Morgan fingerprint density at radius 2 is 1.76 bits per heavy atom. The number of halogens is 1. The molecule has 0 aliphatic carbocycles. The van der Waals surface area contributed by atoms with Gasteiger partial charge in [-0.2, -0.15) is 8.42 Å². The molecule has 0 spiro atoms. The molecule has 0 aliphatic heterocycles. The third-order valence-electron chi connectivity index (χ3n) is 3.01. The van der Waals surface area contributed by atoms with E-state index >= 15 is 0 Å². The van der Waals surface area contributed by atoms with Gasteiger partial charge in [-0.05, 0) is 23.8 Å². The van der Waals surface area contributed by atoms with E-state index in [2.05, 4.69) is 15.9 Å². The van der Waals surface area contributed by atoms with Gasteiger partial charge in [-0.25, -0.2) is 0 Å². The number of benzene rings is 2. The molecule has 0 bridgehead atoms. The highest BCUT2D eigenvalue weighted by Crippen LogP contribution is 2.21. The van der Waals surface area contributed by atoms with E-state index in [0.29, 0.717) is 6.54 Å². The fourth-order valence-electron chi connectivity index (χ4n) is 2.00. The summed E-state index contributed by atoms with van der Waals surface area (Å²) >= 11 is 3.41. The molecular formula is C15H16BrNO3S. The smallest absolute Gasteiger partial charge is 0.266 e. The fourth-order valence-corrected chi connectivity index (χ4v) is 2.84. The van der Waals surface area contributed by atoms with Crippen LogP contribution in [0.3, 0.4) is 0 Å². The van der Waals surface area contributed by atoms with Gasteiger partial charge in [0.1, 0.15) is 0 Å². The van der Waals surface area contributed by atoms with Crippen molar-refractivity contribution < 1.29 is 13.0 Å². The highest BCUT2D eigenvalue weighted by atomic mass is 79.9. The van der Waals surface area contributed by atoms with E-state index in [-0.39, 0.29) is 12.3 Å². The number of anilines is 1. The predicted octanol–water partition coefficient (Wildman–Crippen LogP) is 3.34. The average Bonchev–Trinajstić information content (AvgIpc) is 2.43. The second-order valence-electron chi connectivity index (χ2n) is 4.67. The fraction of sp³-hybridized carbons (Fsp3) is 0.200. The van der Waals surface area contributed by atoms with Crippen LogP contribution in [0.15, 0.2) is 59.1 Å². The molecule has 0 radical (unpaired) electrons. The molecule has 0 unspecified atom stereocenters. The number of hydrogen-bond acceptors (Lipinski definition) is 3. The molecule has 4 nitrogen and oxygen atoms in total. The van der Waals surface area contributed by atoms with E-state index in [9.17, 15) is 8.42 Å². The van der Waals surface area contributed by atoms with E-state index in [4.69, 9.17) is 4.55 Å². The topological polar surface area (TPSA) is 57.6 Å². The summed E-state index contributed by atoms with van der Waals surface area (Å²) in [7, 11) is -3.98.